The van der Waals surface area contributed by atoms with Gasteiger partial charge in [0.2, 0.25) is 5.91 Å². The number of benzene rings is 2. The molecule has 1 unspecified atom stereocenters. The van der Waals surface area contributed by atoms with Crippen LogP contribution in [0, 0.1) is 0 Å². The highest BCUT2D eigenvalue weighted by molar-refractivity contribution is 6.30. The molecule has 0 spiro atoms. The standard InChI is InChI=1S/C19H23ClN2O/c1-22(2)18(12-15-6-4-3-5-7-15)14-21-19(23)13-16-8-10-17(20)11-9-16/h3-11,18H,12-14H2,1-2H3,(H,21,23). The fourth-order valence-corrected chi connectivity index (χ4v) is 2.53. The predicted octanol–water partition coefficient (Wildman–Crippen LogP) is 3.17. The highest BCUT2D eigenvalue weighted by Gasteiger charge is 2.13. The molecular formula is C19H23ClN2O. The third-order valence-electron chi connectivity index (χ3n) is 3.86. The number of halogens is 1. The van der Waals surface area contributed by atoms with Gasteiger partial charge in [-0.2, -0.15) is 0 Å². The summed E-state index contributed by atoms with van der Waals surface area (Å²) in [5.74, 6) is 0.0345. The van der Waals surface area contributed by atoms with Crippen LogP contribution in [0.4, 0.5) is 0 Å². The SMILES string of the molecule is CN(C)C(CNC(=O)Cc1ccc(Cl)cc1)Cc1ccccc1. The van der Waals surface area contributed by atoms with Gasteiger partial charge < -0.3 is 10.2 Å². The Morgan fingerprint density at radius 2 is 1.70 bits per heavy atom. The number of carbonyl (C=O) groups is 1. The van der Waals surface area contributed by atoms with Gasteiger partial charge in [0.25, 0.3) is 0 Å². The monoisotopic (exact) mass is 330 g/mol. The first-order chi connectivity index (χ1) is 11.0. The van der Waals surface area contributed by atoms with Gasteiger partial charge >= 0.3 is 0 Å². The number of nitrogens with zero attached hydrogens (tertiary/aromatic N) is 1. The third-order valence-corrected chi connectivity index (χ3v) is 4.11. The van der Waals surface area contributed by atoms with E-state index in [0.717, 1.165) is 12.0 Å². The van der Waals surface area contributed by atoms with Crippen LogP contribution in [0.3, 0.4) is 0 Å². The van der Waals surface area contributed by atoms with Crippen LogP contribution in [0.25, 0.3) is 0 Å². The average Bonchev–Trinajstić information content (AvgIpc) is 2.54. The summed E-state index contributed by atoms with van der Waals surface area (Å²) in [7, 11) is 4.08. The van der Waals surface area contributed by atoms with Crippen molar-refractivity contribution in [2.24, 2.45) is 0 Å². The lowest BCUT2D eigenvalue weighted by Crippen LogP contribution is -2.42. The average molecular weight is 331 g/mol. The highest BCUT2D eigenvalue weighted by Crippen LogP contribution is 2.10. The van der Waals surface area contributed by atoms with Gasteiger partial charge in [-0.1, -0.05) is 54.1 Å². The minimum absolute atomic E-state index is 0.0345. The van der Waals surface area contributed by atoms with Crippen LogP contribution in [0.5, 0.6) is 0 Å². The lowest BCUT2D eigenvalue weighted by atomic mass is 10.0. The van der Waals surface area contributed by atoms with Crippen molar-refractivity contribution < 1.29 is 4.79 Å². The highest BCUT2D eigenvalue weighted by atomic mass is 35.5. The van der Waals surface area contributed by atoms with E-state index in [9.17, 15) is 4.79 Å². The van der Waals surface area contributed by atoms with E-state index in [2.05, 4.69) is 22.3 Å². The van der Waals surface area contributed by atoms with Gasteiger partial charge in [-0.3, -0.25) is 4.79 Å². The molecule has 0 bridgehead atoms. The van der Waals surface area contributed by atoms with Crippen molar-refractivity contribution in [1.82, 2.24) is 10.2 Å². The molecule has 0 heterocycles. The number of hydrogen-bond donors (Lipinski definition) is 1. The maximum absolute atomic E-state index is 12.1. The largest absolute Gasteiger partial charge is 0.354 e. The second-order valence-corrected chi connectivity index (χ2v) is 6.35. The van der Waals surface area contributed by atoms with Crippen LogP contribution in [-0.4, -0.2) is 37.5 Å². The van der Waals surface area contributed by atoms with Crippen molar-refractivity contribution in [2.45, 2.75) is 18.9 Å². The van der Waals surface area contributed by atoms with Crippen LogP contribution in [-0.2, 0) is 17.6 Å². The van der Waals surface area contributed by atoms with Crippen LogP contribution < -0.4 is 5.32 Å². The van der Waals surface area contributed by atoms with Gasteiger partial charge in [0.05, 0.1) is 6.42 Å². The normalized spacial score (nSPS) is 12.2. The summed E-state index contributed by atoms with van der Waals surface area (Å²) in [5.41, 5.74) is 2.24. The zero-order chi connectivity index (χ0) is 16.7. The number of nitrogens with one attached hydrogen (secondary N) is 1. The van der Waals surface area contributed by atoms with Gasteiger partial charge in [-0.05, 0) is 43.8 Å². The summed E-state index contributed by atoms with van der Waals surface area (Å²) in [6.45, 7) is 0.633. The van der Waals surface area contributed by atoms with E-state index in [1.165, 1.54) is 5.56 Å². The molecule has 1 amide bonds. The molecule has 1 N–H and O–H groups in total. The maximum atomic E-state index is 12.1. The summed E-state index contributed by atoms with van der Waals surface area (Å²) < 4.78 is 0. The van der Waals surface area contributed by atoms with Gasteiger partial charge in [0.1, 0.15) is 0 Å². The first kappa shape index (κ1) is 17.5. The van der Waals surface area contributed by atoms with Crippen LogP contribution in [0.1, 0.15) is 11.1 Å². The van der Waals surface area contributed by atoms with Crippen molar-refractivity contribution in [2.75, 3.05) is 20.6 Å². The van der Waals surface area contributed by atoms with Gasteiger partial charge in [-0.25, -0.2) is 0 Å². The van der Waals surface area contributed by atoms with Gasteiger partial charge in [0, 0.05) is 17.6 Å². The molecule has 0 aliphatic rings. The Labute approximate surface area is 143 Å². The Hall–Kier alpha value is -1.84. The number of amides is 1. The summed E-state index contributed by atoms with van der Waals surface area (Å²) in [4.78, 5) is 14.3. The van der Waals surface area contributed by atoms with Crippen molar-refractivity contribution >= 4 is 17.5 Å². The molecule has 0 aliphatic carbocycles. The van der Waals surface area contributed by atoms with E-state index in [-0.39, 0.29) is 11.9 Å². The van der Waals surface area contributed by atoms with Crippen molar-refractivity contribution in [1.29, 1.82) is 0 Å². The Bertz CT molecular complexity index is 611. The molecule has 1 atom stereocenters. The van der Waals surface area contributed by atoms with Gasteiger partial charge in [-0.15, -0.1) is 0 Å². The second kappa shape index (κ2) is 8.70. The lowest BCUT2D eigenvalue weighted by Gasteiger charge is -2.24. The zero-order valence-electron chi connectivity index (χ0n) is 13.6. The molecule has 0 aliphatic heterocycles. The summed E-state index contributed by atoms with van der Waals surface area (Å²) in [5, 5.41) is 3.72. The van der Waals surface area contributed by atoms with Crippen molar-refractivity contribution in [3.05, 3.63) is 70.7 Å². The molecular weight excluding hydrogens is 308 g/mol. The summed E-state index contributed by atoms with van der Waals surface area (Å²) in [6.07, 6.45) is 1.29. The minimum atomic E-state index is 0.0345. The third kappa shape index (κ3) is 6.05. The molecule has 0 fully saturated rings. The van der Waals surface area contributed by atoms with E-state index >= 15 is 0 Å². The van der Waals surface area contributed by atoms with Crippen LogP contribution >= 0.6 is 11.6 Å². The Kier molecular flexibility index (Phi) is 6.63. The number of hydrogen-bond acceptors (Lipinski definition) is 2. The molecule has 122 valence electrons. The summed E-state index contributed by atoms with van der Waals surface area (Å²) >= 11 is 5.86. The zero-order valence-corrected chi connectivity index (χ0v) is 14.4. The van der Waals surface area contributed by atoms with Crippen LogP contribution in [0.15, 0.2) is 54.6 Å². The first-order valence-corrected chi connectivity index (χ1v) is 8.14. The molecule has 0 aromatic heterocycles. The molecule has 0 saturated carbocycles. The van der Waals surface area contributed by atoms with E-state index in [4.69, 9.17) is 11.6 Å². The topological polar surface area (TPSA) is 32.3 Å². The predicted molar refractivity (Wildman–Crippen MR) is 95.8 cm³/mol. The fourth-order valence-electron chi connectivity index (χ4n) is 2.41. The molecule has 3 nitrogen and oxygen atoms in total. The van der Waals surface area contributed by atoms with Crippen LogP contribution in [0.2, 0.25) is 5.02 Å². The molecule has 2 aromatic rings. The number of carbonyl (C=O) groups excluding carboxylic acids is 1. The van der Waals surface area contributed by atoms with E-state index in [1.54, 1.807) is 0 Å². The molecule has 2 aromatic carbocycles. The molecule has 2 rings (SSSR count). The number of rotatable bonds is 7. The minimum Gasteiger partial charge on any atom is -0.354 e. The van der Waals surface area contributed by atoms with Gasteiger partial charge in [0.15, 0.2) is 0 Å². The Morgan fingerprint density at radius 3 is 2.30 bits per heavy atom. The maximum Gasteiger partial charge on any atom is 0.224 e. The Morgan fingerprint density at radius 1 is 1.04 bits per heavy atom. The summed E-state index contributed by atoms with van der Waals surface area (Å²) in [6, 6.07) is 18.0. The molecule has 23 heavy (non-hydrogen) atoms. The van der Waals surface area contributed by atoms with E-state index in [0.29, 0.717) is 18.0 Å². The molecule has 0 radical (unpaired) electrons. The first-order valence-electron chi connectivity index (χ1n) is 7.76. The number of likely N-dealkylation sites (N-methyl/N-ethyl adjacent to an activating group) is 1. The molecule has 4 heteroatoms. The second-order valence-electron chi connectivity index (χ2n) is 5.91. The fraction of sp³-hybridized carbons (Fsp3) is 0.316. The van der Waals surface area contributed by atoms with Crippen molar-refractivity contribution in [3.63, 3.8) is 0 Å². The Balaban J connectivity index is 1.85. The van der Waals surface area contributed by atoms with E-state index in [1.807, 2.05) is 56.6 Å². The quantitative estimate of drug-likeness (QED) is 0.845. The lowest BCUT2D eigenvalue weighted by molar-refractivity contribution is -0.120. The van der Waals surface area contributed by atoms with E-state index < -0.39 is 0 Å². The molecule has 0 saturated heterocycles. The smallest absolute Gasteiger partial charge is 0.224 e. The van der Waals surface area contributed by atoms with Crippen molar-refractivity contribution in [3.8, 4) is 0 Å².